The first-order valence-electron chi connectivity index (χ1n) is 6.94. The van der Waals surface area contributed by atoms with Crippen molar-refractivity contribution in [2.45, 2.75) is 31.7 Å². The highest BCUT2D eigenvalue weighted by Gasteiger charge is 2.27. The van der Waals surface area contributed by atoms with Gasteiger partial charge in [-0.2, -0.15) is 0 Å². The van der Waals surface area contributed by atoms with Gasteiger partial charge in [0.25, 0.3) is 5.91 Å². The molecule has 0 bridgehead atoms. The molecule has 6 heteroatoms. The fourth-order valence-electron chi connectivity index (χ4n) is 2.43. The van der Waals surface area contributed by atoms with Crippen molar-refractivity contribution in [3.05, 3.63) is 22.4 Å². The number of rotatable bonds is 6. The Kier molecular flexibility index (Phi) is 5.55. The molecule has 1 aromatic heterocycles. The van der Waals surface area contributed by atoms with Crippen LogP contribution >= 0.6 is 11.3 Å². The second-order valence-electron chi connectivity index (χ2n) is 4.90. The zero-order valence-electron chi connectivity index (χ0n) is 11.4. The van der Waals surface area contributed by atoms with Gasteiger partial charge in [-0.05, 0) is 30.7 Å². The molecule has 2 heterocycles. The molecule has 2 amide bonds. The topological polar surface area (TPSA) is 69.6 Å². The van der Waals surface area contributed by atoms with Crippen LogP contribution in [-0.4, -0.2) is 47.6 Å². The molecular formula is C14H20N2O3S. The Morgan fingerprint density at radius 1 is 1.50 bits per heavy atom. The molecule has 2 N–H and O–H groups in total. The summed E-state index contributed by atoms with van der Waals surface area (Å²) in [6.45, 7) is 1.28. The van der Waals surface area contributed by atoms with Crippen molar-refractivity contribution in [1.29, 1.82) is 0 Å². The zero-order valence-corrected chi connectivity index (χ0v) is 12.2. The van der Waals surface area contributed by atoms with E-state index in [1.807, 2.05) is 11.4 Å². The van der Waals surface area contributed by atoms with Gasteiger partial charge in [-0.1, -0.05) is 6.07 Å². The lowest BCUT2D eigenvalue weighted by atomic mass is 10.2. The number of carbonyl (C=O) groups is 2. The molecule has 0 unspecified atom stereocenters. The third-order valence-electron chi connectivity index (χ3n) is 3.51. The third kappa shape index (κ3) is 3.80. The molecule has 1 aliphatic heterocycles. The van der Waals surface area contributed by atoms with Crippen LogP contribution in [0.3, 0.4) is 0 Å². The molecule has 1 fully saturated rings. The van der Waals surface area contributed by atoms with E-state index in [2.05, 4.69) is 5.32 Å². The summed E-state index contributed by atoms with van der Waals surface area (Å²) in [6, 6.07) is 3.61. The van der Waals surface area contributed by atoms with Crippen LogP contribution in [0.2, 0.25) is 0 Å². The highest BCUT2D eigenvalue weighted by atomic mass is 32.1. The van der Waals surface area contributed by atoms with Gasteiger partial charge in [0, 0.05) is 19.5 Å². The summed E-state index contributed by atoms with van der Waals surface area (Å²) in [5.41, 5.74) is 0. The number of carbonyl (C=O) groups excluding carboxylic acids is 2. The SMILES string of the molecule is O=C(NCCCC(=O)N1CCC[C@H]1CO)c1cccs1. The number of likely N-dealkylation sites (tertiary alicyclic amines) is 1. The van der Waals surface area contributed by atoms with Crippen LogP contribution in [0.15, 0.2) is 17.5 Å². The number of hydrogen-bond acceptors (Lipinski definition) is 4. The minimum atomic E-state index is -0.0816. The molecule has 0 aromatic carbocycles. The van der Waals surface area contributed by atoms with Crippen LogP contribution in [0, 0.1) is 0 Å². The smallest absolute Gasteiger partial charge is 0.261 e. The van der Waals surface area contributed by atoms with E-state index in [0.717, 1.165) is 19.4 Å². The van der Waals surface area contributed by atoms with Gasteiger partial charge >= 0.3 is 0 Å². The molecule has 110 valence electrons. The van der Waals surface area contributed by atoms with Crippen molar-refractivity contribution in [2.75, 3.05) is 19.7 Å². The molecule has 20 heavy (non-hydrogen) atoms. The van der Waals surface area contributed by atoms with Crippen molar-refractivity contribution in [3.8, 4) is 0 Å². The molecule has 5 nitrogen and oxygen atoms in total. The molecule has 0 spiro atoms. The van der Waals surface area contributed by atoms with Crippen LogP contribution in [-0.2, 0) is 4.79 Å². The minimum absolute atomic E-state index is 0.0109. The molecule has 0 saturated carbocycles. The van der Waals surface area contributed by atoms with Crippen molar-refractivity contribution in [2.24, 2.45) is 0 Å². The Bertz CT molecular complexity index is 447. The molecule has 2 rings (SSSR count). The first-order chi connectivity index (χ1) is 9.72. The van der Waals surface area contributed by atoms with Gasteiger partial charge in [0.2, 0.25) is 5.91 Å². The van der Waals surface area contributed by atoms with Crippen molar-refractivity contribution < 1.29 is 14.7 Å². The number of thiophene rings is 1. The molecule has 0 aliphatic carbocycles. The zero-order chi connectivity index (χ0) is 14.4. The van der Waals surface area contributed by atoms with E-state index in [4.69, 9.17) is 0 Å². The highest BCUT2D eigenvalue weighted by molar-refractivity contribution is 7.12. The normalized spacial score (nSPS) is 18.2. The Morgan fingerprint density at radius 2 is 2.35 bits per heavy atom. The fraction of sp³-hybridized carbons (Fsp3) is 0.571. The highest BCUT2D eigenvalue weighted by Crippen LogP contribution is 2.18. The number of hydrogen-bond donors (Lipinski definition) is 2. The maximum absolute atomic E-state index is 12.0. The number of nitrogens with zero attached hydrogens (tertiary/aromatic N) is 1. The predicted molar refractivity (Wildman–Crippen MR) is 77.7 cm³/mol. The first kappa shape index (κ1) is 15.0. The van der Waals surface area contributed by atoms with Crippen LogP contribution < -0.4 is 5.32 Å². The van der Waals surface area contributed by atoms with Gasteiger partial charge in [0.15, 0.2) is 0 Å². The number of aliphatic hydroxyl groups is 1. The summed E-state index contributed by atoms with van der Waals surface area (Å²) in [6.07, 6.45) is 2.90. The standard InChI is InChI=1S/C14H20N2O3S/c17-10-11-4-2-8-16(11)13(18)6-1-7-15-14(19)12-5-3-9-20-12/h3,5,9,11,17H,1-2,4,6-8,10H2,(H,15,19)/t11-/m0/s1. The first-order valence-corrected chi connectivity index (χ1v) is 7.82. The van der Waals surface area contributed by atoms with Gasteiger partial charge in [0.1, 0.15) is 0 Å². The monoisotopic (exact) mass is 296 g/mol. The lowest BCUT2D eigenvalue weighted by molar-refractivity contribution is -0.132. The number of amides is 2. The van der Waals surface area contributed by atoms with E-state index < -0.39 is 0 Å². The Hall–Kier alpha value is -1.40. The number of aliphatic hydroxyl groups excluding tert-OH is 1. The van der Waals surface area contributed by atoms with Gasteiger partial charge < -0.3 is 15.3 Å². The quantitative estimate of drug-likeness (QED) is 0.776. The van der Waals surface area contributed by atoms with Gasteiger partial charge in [-0.15, -0.1) is 11.3 Å². The summed E-state index contributed by atoms with van der Waals surface area (Å²) in [5, 5.41) is 13.9. The second kappa shape index (κ2) is 7.40. The third-order valence-corrected chi connectivity index (χ3v) is 4.37. The maximum atomic E-state index is 12.0. The second-order valence-corrected chi connectivity index (χ2v) is 5.85. The summed E-state index contributed by atoms with van der Waals surface area (Å²) in [5.74, 6) is -0.00576. The van der Waals surface area contributed by atoms with Gasteiger partial charge in [-0.3, -0.25) is 9.59 Å². The lowest BCUT2D eigenvalue weighted by Gasteiger charge is -2.22. The predicted octanol–water partition coefficient (Wildman–Crippen LogP) is 1.24. The van der Waals surface area contributed by atoms with Crippen molar-refractivity contribution >= 4 is 23.2 Å². The van der Waals surface area contributed by atoms with Gasteiger partial charge in [-0.25, -0.2) is 0 Å². The average molecular weight is 296 g/mol. The van der Waals surface area contributed by atoms with E-state index in [1.54, 1.807) is 11.0 Å². The van der Waals surface area contributed by atoms with Crippen LogP contribution in [0.4, 0.5) is 0 Å². The summed E-state index contributed by atoms with van der Waals surface area (Å²) in [4.78, 5) is 26.1. The summed E-state index contributed by atoms with van der Waals surface area (Å²) < 4.78 is 0. The largest absolute Gasteiger partial charge is 0.394 e. The molecule has 1 saturated heterocycles. The Balaban J connectivity index is 1.66. The Morgan fingerprint density at radius 3 is 3.05 bits per heavy atom. The van der Waals surface area contributed by atoms with Gasteiger partial charge in [0.05, 0.1) is 17.5 Å². The molecule has 0 radical (unpaired) electrons. The van der Waals surface area contributed by atoms with E-state index >= 15 is 0 Å². The fourth-order valence-corrected chi connectivity index (χ4v) is 3.07. The minimum Gasteiger partial charge on any atom is -0.394 e. The van der Waals surface area contributed by atoms with E-state index in [1.165, 1.54) is 11.3 Å². The molecule has 1 atom stereocenters. The lowest BCUT2D eigenvalue weighted by Crippen LogP contribution is -2.37. The summed E-state index contributed by atoms with van der Waals surface area (Å²) in [7, 11) is 0. The maximum Gasteiger partial charge on any atom is 0.261 e. The van der Waals surface area contributed by atoms with Crippen molar-refractivity contribution in [3.63, 3.8) is 0 Å². The van der Waals surface area contributed by atoms with Crippen LogP contribution in [0.5, 0.6) is 0 Å². The van der Waals surface area contributed by atoms with Crippen molar-refractivity contribution in [1.82, 2.24) is 10.2 Å². The molecule has 1 aromatic rings. The van der Waals surface area contributed by atoms with Crippen LogP contribution in [0.1, 0.15) is 35.4 Å². The molecule has 1 aliphatic rings. The molecular weight excluding hydrogens is 276 g/mol. The average Bonchev–Trinajstić information content (AvgIpc) is 3.12. The van der Waals surface area contributed by atoms with E-state index in [0.29, 0.717) is 24.3 Å². The van der Waals surface area contributed by atoms with Crippen LogP contribution in [0.25, 0.3) is 0 Å². The van der Waals surface area contributed by atoms with E-state index in [-0.39, 0.29) is 24.5 Å². The van der Waals surface area contributed by atoms with E-state index in [9.17, 15) is 14.7 Å². The Labute approximate surface area is 122 Å². The summed E-state index contributed by atoms with van der Waals surface area (Å²) >= 11 is 1.40. The number of nitrogens with one attached hydrogen (secondary N) is 1.